The van der Waals surface area contributed by atoms with E-state index in [2.05, 4.69) is 180 Å². The Hall–Kier alpha value is -4.81. The van der Waals surface area contributed by atoms with E-state index >= 15 is 0 Å². The monoisotopic (exact) mass is 749 g/mol. The smallest absolute Gasteiger partial charge is 0.0715 e. The molecule has 242 valence electrons. The van der Waals surface area contributed by atoms with Gasteiger partial charge in [0.05, 0.1) is 27.0 Å². The third kappa shape index (κ3) is 7.92. The summed E-state index contributed by atoms with van der Waals surface area (Å²) in [6, 6.07) is 26.5. The van der Waals surface area contributed by atoms with Crippen LogP contribution < -0.4 is 5.32 Å². The van der Waals surface area contributed by atoms with Crippen molar-refractivity contribution in [2.45, 2.75) is 42.6 Å². The zero-order valence-electron chi connectivity index (χ0n) is 27.8. The summed E-state index contributed by atoms with van der Waals surface area (Å²) in [5.41, 5.74) is 13.8. The van der Waals surface area contributed by atoms with Crippen LogP contribution in [0.4, 0.5) is 0 Å². The van der Waals surface area contributed by atoms with Crippen LogP contribution >= 0.6 is 22.6 Å². The minimum atomic E-state index is -0.000805. The van der Waals surface area contributed by atoms with Gasteiger partial charge in [-0.15, -0.1) is 0 Å². The number of benzene rings is 2. The van der Waals surface area contributed by atoms with Crippen LogP contribution in [-0.4, -0.2) is 9.97 Å². The Labute approximate surface area is 304 Å². The Morgan fingerprint density at radius 3 is 2.47 bits per heavy atom. The summed E-state index contributed by atoms with van der Waals surface area (Å²) in [7, 11) is 0. The molecule has 0 bridgehead atoms. The number of allylic oxidation sites excluding steroid dienone is 14. The topological polar surface area (TPSA) is 37.8 Å². The molecule has 1 N–H and O–H groups in total. The standard InChI is InChI=1S/C45H40IN3/c1-2-3-7-20-41(46)45-31-38(30-44(49-45)34-18-12-6-13-19-34)37-25-39(42-28-35(21-23-47-42)32-14-8-4-9-15-32)27-40(26-37)43-29-36(22-24-48-43)33-16-10-5-11-17-33/h2-5,7-10,12,14-16,18-31,41-42,47H,6,11,13,17H2,1H3/b3-2-,20-7-. The molecule has 4 aromatic rings. The summed E-state index contributed by atoms with van der Waals surface area (Å²) >= 11 is 2.49. The van der Waals surface area contributed by atoms with Gasteiger partial charge in [0.2, 0.25) is 0 Å². The van der Waals surface area contributed by atoms with E-state index in [1.807, 2.05) is 13.1 Å². The van der Waals surface area contributed by atoms with Crippen LogP contribution in [0.25, 0.3) is 39.1 Å². The number of nitrogens with one attached hydrogen (secondary N) is 1. The minimum Gasteiger partial charge on any atom is -0.381 e. The zero-order chi connectivity index (χ0) is 33.4. The van der Waals surface area contributed by atoms with Gasteiger partial charge in [-0.2, -0.15) is 0 Å². The molecule has 4 heteroatoms. The molecule has 2 unspecified atom stereocenters. The van der Waals surface area contributed by atoms with Gasteiger partial charge in [-0.1, -0.05) is 114 Å². The van der Waals surface area contributed by atoms with Crippen molar-refractivity contribution in [3.63, 3.8) is 0 Å². The maximum absolute atomic E-state index is 5.20. The Balaban J connectivity index is 1.38. The van der Waals surface area contributed by atoms with Gasteiger partial charge in [0, 0.05) is 11.8 Å². The lowest BCUT2D eigenvalue weighted by Crippen LogP contribution is -2.16. The summed E-state index contributed by atoms with van der Waals surface area (Å²) in [4.78, 5) is 10.1. The summed E-state index contributed by atoms with van der Waals surface area (Å²) in [6.45, 7) is 2.04. The third-order valence-electron chi connectivity index (χ3n) is 9.08. The molecule has 0 saturated carbocycles. The normalized spacial score (nSPS) is 17.9. The zero-order valence-corrected chi connectivity index (χ0v) is 29.9. The molecule has 0 radical (unpaired) electrons. The molecule has 49 heavy (non-hydrogen) atoms. The van der Waals surface area contributed by atoms with Crippen molar-refractivity contribution >= 4 is 39.3 Å². The number of halogens is 1. The Morgan fingerprint density at radius 1 is 0.796 bits per heavy atom. The number of dihydropyridines is 1. The molecular weight excluding hydrogens is 709 g/mol. The van der Waals surface area contributed by atoms with Crippen molar-refractivity contribution < 1.29 is 0 Å². The molecule has 0 amide bonds. The van der Waals surface area contributed by atoms with Crippen LogP contribution in [0.3, 0.4) is 0 Å². The van der Waals surface area contributed by atoms with Gasteiger partial charge in [0.25, 0.3) is 0 Å². The highest BCUT2D eigenvalue weighted by atomic mass is 127. The predicted molar refractivity (Wildman–Crippen MR) is 216 cm³/mol. The van der Waals surface area contributed by atoms with Crippen molar-refractivity contribution in [3.8, 4) is 22.4 Å². The molecule has 7 rings (SSSR count). The van der Waals surface area contributed by atoms with E-state index in [0.29, 0.717) is 0 Å². The lowest BCUT2D eigenvalue weighted by atomic mass is 9.90. The molecule has 3 heterocycles. The Morgan fingerprint density at radius 2 is 1.65 bits per heavy atom. The summed E-state index contributed by atoms with van der Waals surface area (Å²) in [6.07, 6.45) is 34.6. The largest absolute Gasteiger partial charge is 0.381 e. The first-order valence-corrected chi connectivity index (χ1v) is 18.4. The van der Waals surface area contributed by atoms with E-state index in [9.17, 15) is 0 Å². The fourth-order valence-corrected chi connectivity index (χ4v) is 7.06. The number of hydrogen-bond donors (Lipinski definition) is 1. The van der Waals surface area contributed by atoms with Crippen LogP contribution in [0.15, 0.2) is 158 Å². The van der Waals surface area contributed by atoms with Crippen molar-refractivity contribution in [2.75, 3.05) is 0 Å². The third-order valence-corrected chi connectivity index (χ3v) is 10.1. The molecular formula is C45H40IN3. The molecule has 2 aromatic heterocycles. The van der Waals surface area contributed by atoms with Crippen molar-refractivity contribution in [1.29, 1.82) is 0 Å². The highest BCUT2D eigenvalue weighted by Crippen LogP contribution is 2.37. The van der Waals surface area contributed by atoms with Crippen molar-refractivity contribution in [1.82, 2.24) is 15.3 Å². The number of aromatic nitrogens is 2. The summed E-state index contributed by atoms with van der Waals surface area (Å²) < 4.78 is 0.126. The average molecular weight is 750 g/mol. The van der Waals surface area contributed by atoms with Gasteiger partial charge >= 0.3 is 0 Å². The van der Waals surface area contributed by atoms with Gasteiger partial charge in [-0.25, -0.2) is 0 Å². The first-order chi connectivity index (χ1) is 24.1. The number of alkyl halides is 1. The molecule has 0 fully saturated rings. The molecule has 1 aliphatic heterocycles. The first-order valence-electron chi connectivity index (χ1n) is 17.1. The van der Waals surface area contributed by atoms with Gasteiger partial charge < -0.3 is 5.32 Å². The molecule has 0 saturated heterocycles. The molecule has 3 nitrogen and oxygen atoms in total. The second-order valence-corrected chi connectivity index (χ2v) is 13.9. The lowest BCUT2D eigenvalue weighted by molar-refractivity contribution is 0.750. The van der Waals surface area contributed by atoms with Gasteiger partial charge in [0.1, 0.15) is 0 Å². The maximum Gasteiger partial charge on any atom is 0.0715 e. The number of nitrogens with zero attached hydrogens (tertiary/aromatic N) is 2. The van der Waals surface area contributed by atoms with Crippen LogP contribution in [0.2, 0.25) is 0 Å². The van der Waals surface area contributed by atoms with E-state index < -0.39 is 0 Å². The molecule has 0 spiro atoms. The number of pyridine rings is 2. The fraction of sp³-hybridized carbons (Fsp3) is 0.156. The SMILES string of the molecule is C/C=C\C=C/C(I)c1cc(-c2cc(-c3cc(C4=CC=CCC4)ccn3)cc(C3C=C(c4ccccc4)C=CN3)c2)cc(C2=CCCC=C2)n1. The van der Waals surface area contributed by atoms with E-state index in [4.69, 9.17) is 9.97 Å². The van der Waals surface area contributed by atoms with Crippen LogP contribution in [-0.2, 0) is 0 Å². The maximum atomic E-state index is 5.20. The molecule has 3 aliphatic rings. The minimum absolute atomic E-state index is 0.000805. The second kappa shape index (κ2) is 15.6. The number of rotatable bonds is 9. The van der Waals surface area contributed by atoms with Crippen molar-refractivity contribution in [3.05, 3.63) is 186 Å². The highest BCUT2D eigenvalue weighted by molar-refractivity contribution is 14.1. The van der Waals surface area contributed by atoms with Gasteiger partial charge in [-0.05, 0) is 138 Å². The van der Waals surface area contributed by atoms with Crippen molar-refractivity contribution in [2.24, 2.45) is 0 Å². The van der Waals surface area contributed by atoms with Gasteiger partial charge in [-0.3, -0.25) is 9.97 Å². The molecule has 2 aliphatic carbocycles. The Kier molecular flexibility index (Phi) is 10.4. The summed E-state index contributed by atoms with van der Waals surface area (Å²) in [5.74, 6) is 0. The fourth-order valence-electron chi connectivity index (χ4n) is 6.50. The van der Waals surface area contributed by atoms with E-state index in [1.165, 1.54) is 33.4 Å². The van der Waals surface area contributed by atoms with Crippen LogP contribution in [0, 0.1) is 0 Å². The molecule has 2 aromatic carbocycles. The molecule has 2 atom stereocenters. The first kappa shape index (κ1) is 32.7. The van der Waals surface area contributed by atoms with E-state index in [0.717, 1.165) is 59.5 Å². The predicted octanol–water partition coefficient (Wildman–Crippen LogP) is 12.1. The second-order valence-electron chi connectivity index (χ2n) is 12.5. The summed E-state index contributed by atoms with van der Waals surface area (Å²) in [5, 5.41) is 3.64. The van der Waals surface area contributed by atoms with E-state index in [-0.39, 0.29) is 9.97 Å². The average Bonchev–Trinajstić information content (AvgIpc) is 3.18. The lowest BCUT2D eigenvalue weighted by Gasteiger charge is -2.22. The van der Waals surface area contributed by atoms with Crippen LogP contribution in [0.1, 0.15) is 70.7 Å². The number of hydrogen-bond acceptors (Lipinski definition) is 3. The highest BCUT2D eigenvalue weighted by Gasteiger charge is 2.18. The quantitative estimate of drug-likeness (QED) is 0.105. The van der Waals surface area contributed by atoms with Crippen LogP contribution in [0.5, 0.6) is 0 Å². The van der Waals surface area contributed by atoms with E-state index in [1.54, 1.807) is 0 Å². The van der Waals surface area contributed by atoms with Gasteiger partial charge in [0.15, 0.2) is 0 Å². The Bertz CT molecular complexity index is 2070.